The van der Waals surface area contributed by atoms with E-state index in [9.17, 15) is 10.2 Å². The van der Waals surface area contributed by atoms with Gasteiger partial charge in [-0.25, -0.2) is 0 Å². The van der Waals surface area contributed by atoms with Crippen molar-refractivity contribution < 1.29 is 4.79 Å². The summed E-state index contributed by atoms with van der Waals surface area (Å²) in [6, 6.07) is 10.3. The number of anilines is 1. The van der Waals surface area contributed by atoms with Gasteiger partial charge in [-0.1, -0.05) is 11.9 Å². The van der Waals surface area contributed by atoms with E-state index in [1.807, 2.05) is 13.1 Å². The Morgan fingerprint density at radius 2 is 1.86 bits per heavy atom. The van der Waals surface area contributed by atoms with E-state index in [0.29, 0.717) is 29.8 Å². The topological polar surface area (TPSA) is 132 Å². The van der Waals surface area contributed by atoms with E-state index in [1.165, 1.54) is 0 Å². The number of likely N-dealkylation sites (tertiary alicyclic amines) is 1. The number of carbonyl (C=O) groups is 1. The zero-order valence-electron chi connectivity index (χ0n) is 15.8. The summed E-state index contributed by atoms with van der Waals surface area (Å²) >= 11 is 0. The van der Waals surface area contributed by atoms with Gasteiger partial charge in [0.1, 0.15) is 0 Å². The molecule has 0 unspecified atom stereocenters. The van der Waals surface area contributed by atoms with Crippen molar-refractivity contribution in [1.29, 1.82) is 0 Å². The molecule has 3 rings (SSSR count). The highest BCUT2D eigenvalue weighted by Crippen LogP contribution is 2.28. The fourth-order valence-corrected chi connectivity index (χ4v) is 3.26. The molecule has 0 radical (unpaired) electrons. The van der Waals surface area contributed by atoms with Gasteiger partial charge in [0.15, 0.2) is 0 Å². The Bertz CT molecular complexity index is 886. The quantitative estimate of drug-likeness (QED) is 0.535. The number of amides is 1. The van der Waals surface area contributed by atoms with Crippen LogP contribution < -0.4 is 16.8 Å². The van der Waals surface area contributed by atoms with Gasteiger partial charge in [0.25, 0.3) is 0 Å². The molecule has 1 saturated heterocycles. The lowest BCUT2D eigenvalue weighted by molar-refractivity contribution is 0.100. The molecule has 1 fully saturated rings. The number of nitrogens with two attached hydrogens (primary N) is 2. The molecule has 0 saturated carbocycles. The number of nitrogens with zero attached hydrogens (tertiary/aromatic N) is 4. The second kappa shape index (κ2) is 8.18. The molecular formula is C20H24N7O-. The number of aliphatic imine (C=N–C) groups is 1. The SMILES string of the molecule is CN1CCC(Nc2cccc(C(N)=O)c2)(C(N)=NC(=[N-])c2ccncc2)CC1. The molecule has 0 atom stereocenters. The van der Waals surface area contributed by atoms with Gasteiger partial charge in [0.05, 0.1) is 5.54 Å². The number of benzene rings is 1. The third-order valence-electron chi connectivity index (χ3n) is 5.03. The number of piperidine rings is 1. The van der Waals surface area contributed by atoms with Crippen LogP contribution in [0.15, 0.2) is 53.8 Å². The minimum atomic E-state index is -0.649. The highest BCUT2D eigenvalue weighted by atomic mass is 16.1. The zero-order valence-corrected chi connectivity index (χ0v) is 15.8. The third-order valence-corrected chi connectivity index (χ3v) is 5.03. The van der Waals surface area contributed by atoms with Gasteiger partial charge in [0.2, 0.25) is 5.91 Å². The smallest absolute Gasteiger partial charge is 0.248 e. The molecule has 146 valence electrons. The Morgan fingerprint density at radius 3 is 2.50 bits per heavy atom. The summed E-state index contributed by atoms with van der Waals surface area (Å²) in [5.74, 6) is -0.364. The maximum Gasteiger partial charge on any atom is 0.248 e. The molecular weight excluding hydrogens is 354 g/mol. The Balaban J connectivity index is 1.91. The fourth-order valence-electron chi connectivity index (χ4n) is 3.26. The molecule has 2 heterocycles. The van der Waals surface area contributed by atoms with Crippen molar-refractivity contribution in [3.05, 3.63) is 65.3 Å². The van der Waals surface area contributed by atoms with Crippen LogP contribution in [-0.4, -0.2) is 53.1 Å². The predicted octanol–water partition coefficient (Wildman–Crippen LogP) is 1.43. The van der Waals surface area contributed by atoms with Gasteiger partial charge in [-0.2, -0.15) is 0 Å². The molecule has 1 aliphatic rings. The summed E-state index contributed by atoms with van der Waals surface area (Å²) in [4.78, 5) is 21.9. The van der Waals surface area contributed by atoms with E-state index in [-0.39, 0.29) is 5.84 Å². The van der Waals surface area contributed by atoms with E-state index in [2.05, 4.69) is 20.2 Å². The summed E-state index contributed by atoms with van der Waals surface area (Å²) < 4.78 is 0. The Labute approximate surface area is 164 Å². The lowest BCUT2D eigenvalue weighted by Gasteiger charge is -2.43. The van der Waals surface area contributed by atoms with E-state index in [4.69, 9.17) is 11.5 Å². The first-order valence-electron chi connectivity index (χ1n) is 9.07. The van der Waals surface area contributed by atoms with Crippen LogP contribution in [-0.2, 0) is 0 Å². The van der Waals surface area contributed by atoms with Crippen LogP contribution in [0.25, 0.3) is 5.41 Å². The van der Waals surface area contributed by atoms with Gasteiger partial charge >= 0.3 is 0 Å². The third kappa shape index (κ3) is 4.34. The van der Waals surface area contributed by atoms with Crippen molar-refractivity contribution in [2.75, 3.05) is 25.5 Å². The first-order chi connectivity index (χ1) is 13.4. The summed E-state index contributed by atoms with van der Waals surface area (Å²) in [6.45, 7) is 1.63. The van der Waals surface area contributed by atoms with Crippen molar-refractivity contribution in [3.63, 3.8) is 0 Å². The number of amidine groups is 2. The summed E-state index contributed by atoms with van der Waals surface area (Å²) in [5, 5.41) is 13.8. The number of hydrogen-bond acceptors (Lipinski definition) is 4. The molecule has 1 aromatic carbocycles. The lowest BCUT2D eigenvalue weighted by atomic mass is 9.85. The second-order valence-corrected chi connectivity index (χ2v) is 7.01. The minimum Gasteiger partial charge on any atom is -0.464 e. The number of pyridine rings is 1. The fraction of sp³-hybridized carbons (Fsp3) is 0.300. The van der Waals surface area contributed by atoms with E-state index < -0.39 is 11.4 Å². The average molecular weight is 378 g/mol. The molecule has 1 amide bonds. The van der Waals surface area contributed by atoms with Crippen LogP contribution >= 0.6 is 0 Å². The Kier molecular flexibility index (Phi) is 5.70. The van der Waals surface area contributed by atoms with Gasteiger partial charge in [-0.05, 0) is 55.8 Å². The van der Waals surface area contributed by atoms with E-state index >= 15 is 0 Å². The zero-order chi connectivity index (χ0) is 20.1. The molecule has 1 aromatic heterocycles. The van der Waals surface area contributed by atoms with Crippen molar-refractivity contribution >= 4 is 23.3 Å². The number of carbonyl (C=O) groups excluding carboxylic acids is 1. The van der Waals surface area contributed by atoms with Gasteiger partial charge in [-0.15, -0.1) is 0 Å². The molecule has 2 aromatic rings. The molecule has 28 heavy (non-hydrogen) atoms. The number of primary amides is 1. The number of rotatable bonds is 5. The maximum atomic E-state index is 11.5. The summed E-state index contributed by atoms with van der Waals surface area (Å²) in [7, 11) is 2.05. The van der Waals surface area contributed by atoms with Crippen LogP contribution in [0, 0.1) is 0 Å². The molecule has 5 N–H and O–H groups in total. The van der Waals surface area contributed by atoms with Gasteiger partial charge < -0.3 is 32.1 Å². The minimum absolute atomic E-state index is 0.161. The van der Waals surface area contributed by atoms with Crippen molar-refractivity contribution in [2.45, 2.75) is 18.4 Å². The average Bonchev–Trinajstić information content (AvgIpc) is 2.70. The van der Waals surface area contributed by atoms with E-state index in [1.54, 1.807) is 42.7 Å². The van der Waals surface area contributed by atoms with Crippen molar-refractivity contribution in [2.24, 2.45) is 16.5 Å². The molecule has 8 nitrogen and oxygen atoms in total. The molecule has 0 aliphatic carbocycles. The Hall–Kier alpha value is -3.26. The van der Waals surface area contributed by atoms with Crippen molar-refractivity contribution in [3.8, 4) is 0 Å². The summed E-state index contributed by atoms with van der Waals surface area (Å²) in [5.41, 5.74) is 12.8. The largest absolute Gasteiger partial charge is 0.464 e. The van der Waals surface area contributed by atoms with Crippen LogP contribution in [0.3, 0.4) is 0 Å². The summed E-state index contributed by atoms with van der Waals surface area (Å²) in [6.07, 6.45) is 4.55. The van der Waals surface area contributed by atoms with Gasteiger partial charge in [-0.3, -0.25) is 9.78 Å². The normalized spacial score (nSPS) is 17.1. The highest BCUT2D eigenvalue weighted by molar-refractivity contribution is 6.10. The number of hydrogen-bond donors (Lipinski definition) is 3. The first-order valence-corrected chi connectivity index (χ1v) is 9.07. The molecule has 8 heteroatoms. The van der Waals surface area contributed by atoms with Crippen LogP contribution in [0.1, 0.15) is 28.8 Å². The molecule has 0 bridgehead atoms. The van der Waals surface area contributed by atoms with E-state index in [0.717, 1.165) is 18.8 Å². The van der Waals surface area contributed by atoms with Crippen LogP contribution in [0.4, 0.5) is 5.69 Å². The molecule has 0 spiro atoms. The van der Waals surface area contributed by atoms with Crippen LogP contribution in [0.2, 0.25) is 0 Å². The second-order valence-electron chi connectivity index (χ2n) is 7.01. The predicted molar refractivity (Wildman–Crippen MR) is 111 cm³/mol. The van der Waals surface area contributed by atoms with Gasteiger partial charge in [0, 0.05) is 42.6 Å². The van der Waals surface area contributed by atoms with Crippen molar-refractivity contribution in [1.82, 2.24) is 9.88 Å². The lowest BCUT2D eigenvalue weighted by Crippen LogP contribution is -2.56. The molecule has 1 aliphatic heterocycles. The monoisotopic (exact) mass is 378 g/mol. The number of nitrogens with one attached hydrogen (secondary N) is 1. The number of aromatic nitrogens is 1. The Morgan fingerprint density at radius 1 is 1.18 bits per heavy atom. The highest BCUT2D eigenvalue weighted by Gasteiger charge is 2.35. The van der Waals surface area contributed by atoms with Crippen LogP contribution in [0.5, 0.6) is 0 Å². The maximum absolute atomic E-state index is 11.5. The first kappa shape index (κ1) is 19.5. The standard InChI is InChI=1S/C20H24N7O/c1-27-11-7-20(8-12-27,26-16-4-2-3-15(13-16)18(22)28)19(23)25-17(21)14-5-9-24-10-6-14/h2-6,9-10,13,26H,7-8,11-12H2,1H3,(H4-,21,22,23,25,28)/q-1.